The Morgan fingerprint density at radius 3 is 2.21 bits per heavy atom. The minimum atomic E-state index is 0.0374. The van der Waals surface area contributed by atoms with E-state index in [2.05, 4.69) is 44.2 Å². The van der Waals surface area contributed by atoms with E-state index in [1.165, 1.54) is 38.5 Å². The van der Waals surface area contributed by atoms with Gasteiger partial charge in [-0.05, 0) is 62.7 Å². The van der Waals surface area contributed by atoms with Crippen molar-refractivity contribution in [2.45, 2.75) is 96.3 Å². The Kier molecular flexibility index (Phi) is 4.02. The summed E-state index contributed by atoms with van der Waals surface area (Å²) in [7, 11) is 0. The molecule has 1 aromatic heterocycles. The van der Waals surface area contributed by atoms with E-state index in [0.717, 1.165) is 36.3 Å². The summed E-state index contributed by atoms with van der Waals surface area (Å²) < 4.78 is 8.87. The summed E-state index contributed by atoms with van der Waals surface area (Å²) in [6.45, 7) is 8.81. The number of aromatic nitrogens is 3. The number of ether oxygens (including phenoxy) is 1. The molecular formula is C20H33N3O. The van der Waals surface area contributed by atoms with E-state index in [1.54, 1.807) is 0 Å². The molecule has 4 aliphatic rings. The Morgan fingerprint density at radius 2 is 1.75 bits per heavy atom. The van der Waals surface area contributed by atoms with Gasteiger partial charge >= 0.3 is 0 Å². The van der Waals surface area contributed by atoms with Crippen molar-refractivity contribution >= 4 is 0 Å². The maximum Gasteiger partial charge on any atom is 0.152 e. The van der Waals surface area contributed by atoms with Crippen molar-refractivity contribution in [3.8, 4) is 0 Å². The minimum absolute atomic E-state index is 0.0374. The van der Waals surface area contributed by atoms with E-state index in [-0.39, 0.29) is 17.2 Å². The minimum Gasteiger partial charge on any atom is -0.350 e. The molecule has 4 aliphatic carbocycles. The van der Waals surface area contributed by atoms with E-state index in [9.17, 15) is 0 Å². The molecule has 1 aromatic rings. The van der Waals surface area contributed by atoms with Gasteiger partial charge in [0.2, 0.25) is 0 Å². The molecule has 1 heterocycles. The molecular weight excluding hydrogens is 298 g/mol. The Balaban J connectivity index is 1.55. The maximum absolute atomic E-state index is 6.86. The van der Waals surface area contributed by atoms with Crippen molar-refractivity contribution in [1.82, 2.24) is 15.0 Å². The molecule has 134 valence electrons. The van der Waals surface area contributed by atoms with Crippen LogP contribution in [0.3, 0.4) is 0 Å². The first kappa shape index (κ1) is 16.6. The number of hydrogen-bond donors (Lipinski definition) is 0. The van der Waals surface area contributed by atoms with Crippen molar-refractivity contribution in [3.63, 3.8) is 0 Å². The molecule has 4 heteroatoms. The fourth-order valence-electron chi connectivity index (χ4n) is 5.72. The third kappa shape index (κ3) is 3.02. The highest BCUT2D eigenvalue weighted by Gasteiger charge is 2.52. The largest absolute Gasteiger partial charge is 0.350 e. The Morgan fingerprint density at radius 1 is 1.17 bits per heavy atom. The number of hydrogen-bond acceptors (Lipinski definition) is 3. The van der Waals surface area contributed by atoms with Crippen LogP contribution in [0.2, 0.25) is 0 Å². The lowest BCUT2D eigenvalue weighted by Crippen LogP contribution is -2.52. The molecule has 4 fully saturated rings. The molecule has 0 amide bonds. The molecule has 4 bridgehead atoms. The quantitative estimate of drug-likeness (QED) is 0.773. The van der Waals surface area contributed by atoms with E-state index in [4.69, 9.17) is 4.74 Å². The van der Waals surface area contributed by atoms with Gasteiger partial charge in [0.15, 0.2) is 6.23 Å². The Hall–Kier alpha value is -0.900. The zero-order valence-corrected chi connectivity index (χ0v) is 15.8. The summed E-state index contributed by atoms with van der Waals surface area (Å²) in [5.74, 6) is 2.75. The lowest BCUT2D eigenvalue weighted by Gasteiger charge is -2.57. The van der Waals surface area contributed by atoms with Gasteiger partial charge in [-0.2, -0.15) is 0 Å². The average Bonchev–Trinajstić information content (AvgIpc) is 2.94. The highest BCUT2D eigenvalue weighted by Crippen LogP contribution is 2.58. The van der Waals surface area contributed by atoms with Gasteiger partial charge in [0.25, 0.3) is 0 Å². The highest BCUT2D eigenvalue weighted by atomic mass is 16.5. The molecule has 1 unspecified atom stereocenters. The van der Waals surface area contributed by atoms with Crippen LogP contribution < -0.4 is 0 Å². The molecule has 4 saturated carbocycles. The topological polar surface area (TPSA) is 39.9 Å². The summed E-state index contributed by atoms with van der Waals surface area (Å²) in [4.78, 5) is 0. The molecule has 0 N–H and O–H groups in total. The summed E-state index contributed by atoms with van der Waals surface area (Å²) in [5, 5.41) is 8.86. The third-order valence-electron chi connectivity index (χ3n) is 6.48. The van der Waals surface area contributed by atoms with Crippen LogP contribution in [0.4, 0.5) is 0 Å². The van der Waals surface area contributed by atoms with E-state index >= 15 is 0 Å². The Labute approximate surface area is 146 Å². The van der Waals surface area contributed by atoms with E-state index in [1.807, 2.05) is 4.68 Å². The predicted molar refractivity (Wildman–Crippen MR) is 94.7 cm³/mol. The zero-order valence-electron chi connectivity index (χ0n) is 15.8. The van der Waals surface area contributed by atoms with Crippen molar-refractivity contribution in [2.75, 3.05) is 0 Å². The van der Waals surface area contributed by atoms with Crippen molar-refractivity contribution < 1.29 is 4.74 Å². The van der Waals surface area contributed by atoms with Crippen LogP contribution in [0.25, 0.3) is 0 Å². The first-order valence-electron chi connectivity index (χ1n) is 9.97. The summed E-state index contributed by atoms with van der Waals surface area (Å²) in [5.41, 5.74) is 1.22. The molecule has 0 radical (unpaired) electrons. The van der Waals surface area contributed by atoms with Gasteiger partial charge in [-0.15, -0.1) is 5.10 Å². The molecule has 0 aromatic carbocycles. The molecule has 4 nitrogen and oxygen atoms in total. The van der Waals surface area contributed by atoms with Crippen LogP contribution in [0, 0.1) is 17.8 Å². The van der Waals surface area contributed by atoms with Crippen LogP contribution in [-0.4, -0.2) is 20.6 Å². The summed E-state index contributed by atoms with van der Waals surface area (Å²) >= 11 is 0. The van der Waals surface area contributed by atoms with Crippen molar-refractivity contribution in [1.29, 1.82) is 0 Å². The highest BCUT2D eigenvalue weighted by molar-refractivity contribution is 5.07. The van der Waals surface area contributed by atoms with Gasteiger partial charge in [-0.1, -0.05) is 39.3 Å². The van der Waals surface area contributed by atoms with Gasteiger partial charge in [-0.25, -0.2) is 4.68 Å². The molecule has 0 aliphatic heterocycles. The first-order valence-corrected chi connectivity index (χ1v) is 9.97. The first-order chi connectivity index (χ1) is 11.4. The van der Waals surface area contributed by atoms with Crippen LogP contribution in [-0.2, 0) is 10.2 Å². The third-order valence-corrected chi connectivity index (χ3v) is 6.48. The van der Waals surface area contributed by atoms with E-state index < -0.39 is 0 Å². The predicted octanol–water partition coefficient (Wildman–Crippen LogP) is 4.86. The van der Waals surface area contributed by atoms with Gasteiger partial charge in [0.05, 0.1) is 17.5 Å². The summed E-state index contributed by atoms with van der Waals surface area (Å²) in [6.07, 6.45) is 12.5. The SMILES string of the molecule is CCCC(OC12CC3CC(CC(C3)C1)C2)n1cc(C(C)(C)C)nn1. The van der Waals surface area contributed by atoms with Crippen molar-refractivity contribution in [2.24, 2.45) is 17.8 Å². The maximum atomic E-state index is 6.86. The standard InChI is InChI=1S/C20H33N3O/c1-5-6-18(23-13-17(21-22-23)19(2,3)4)24-20-10-14-7-15(11-20)9-16(8-14)12-20/h13-16,18H,5-12H2,1-4H3. The fourth-order valence-corrected chi connectivity index (χ4v) is 5.72. The van der Waals surface area contributed by atoms with Crippen LogP contribution >= 0.6 is 0 Å². The lowest BCUT2D eigenvalue weighted by molar-refractivity contribution is -0.210. The normalized spacial score (nSPS) is 36.2. The van der Waals surface area contributed by atoms with Gasteiger partial charge in [-0.3, -0.25) is 0 Å². The monoisotopic (exact) mass is 331 g/mol. The number of nitrogens with zero attached hydrogens (tertiary/aromatic N) is 3. The van der Waals surface area contributed by atoms with Crippen LogP contribution in [0.15, 0.2) is 6.20 Å². The summed E-state index contributed by atoms with van der Waals surface area (Å²) in [6, 6.07) is 0. The zero-order chi connectivity index (χ0) is 16.9. The number of rotatable bonds is 5. The smallest absolute Gasteiger partial charge is 0.152 e. The fraction of sp³-hybridized carbons (Fsp3) is 0.900. The lowest BCUT2D eigenvalue weighted by atomic mass is 9.54. The second-order valence-corrected chi connectivity index (χ2v) is 9.80. The van der Waals surface area contributed by atoms with Crippen LogP contribution in [0.5, 0.6) is 0 Å². The molecule has 0 spiro atoms. The molecule has 5 rings (SSSR count). The van der Waals surface area contributed by atoms with Gasteiger partial charge < -0.3 is 4.74 Å². The second-order valence-electron chi connectivity index (χ2n) is 9.80. The molecule has 24 heavy (non-hydrogen) atoms. The van der Waals surface area contributed by atoms with E-state index in [0.29, 0.717) is 0 Å². The van der Waals surface area contributed by atoms with Gasteiger partial charge in [0.1, 0.15) is 0 Å². The molecule has 1 atom stereocenters. The Bertz CT molecular complexity index is 551. The van der Waals surface area contributed by atoms with Crippen molar-refractivity contribution in [3.05, 3.63) is 11.9 Å². The second kappa shape index (κ2) is 5.82. The average molecular weight is 332 g/mol. The van der Waals surface area contributed by atoms with Gasteiger partial charge in [0, 0.05) is 5.41 Å². The molecule has 0 saturated heterocycles. The van der Waals surface area contributed by atoms with Crippen LogP contribution in [0.1, 0.15) is 91.0 Å².